The van der Waals surface area contributed by atoms with Crippen LogP contribution < -0.4 is 5.32 Å². The zero-order valence-corrected chi connectivity index (χ0v) is 12.7. The Morgan fingerprint density at radius 1 is 1.30 bits per heavy atom. The molecule has 0 amide bonds. The zero-order chi connectivity index (χ0) is 13.9. The molecule has 1 aromatic carbocycles. The van der Waals surface area contributed by atoms with Gasteiger partial charge in [-0.3, -0.25) is 0 Å². The van der Waals surface area contributed by atoms with Crippen molar-refractivity contribution in [1.29, 1.82) is 0 Å². The molecule has 3 rings (SSSR count). The highest BCUT2D eigenvalue weighted by molar-refractivity contribution is 7.09. The van der Waals surface area contributed by atoms with Crippen molar-refractivity contribution in [2.24, 2.45) is 0 Å². The van der Waals surface area contributed by atoms with Crippen molar-refractivity contribution in [2.75, 3.05) is 11.9 Å². The van der Waals surface area contributed by atoms with Gasteiger partial charge in [0.25, 0.3) is 0 Å². The van der Waals surface area contributed by atoms with Crippen LogP contribution in [0.4, 0.5) is 5.69 Å². The number of anilines is 1. The highest BCUT2D eigenvalue weighted by atomic mass is 32.1. The molecule has 1 N–H and O–H groups in total. The summed E-state index contributed by atoms with van der Waals surface area (Å²) in [6.07, 6.45) is 3.10. The lowest BCUT2D eigenvalue weighted by Crippen LogP contribution is -2.19. The standard InChI is InChI=1S/C16H20N2OS/c1-11-3-8-15(19-11)9-17-14-6-4-13(5-7-14)16-10-20-12(2)18-16/h4-7,10-11,15,17H,3,8-9H2,1-2H3. The fraction of sp³-hybridized carbons (Fsp3) is 0.438. The Bertz CT molecular complexity index is 564. The molecular formula is C16H20N2OS. The van der Waals surface area contributed by atoms with Gasteiger partial charge in [0.1, 0.15) is 0 Å². The summed E-state index contributed by atoms with van der Waals surface area (Å²) in [5, 5.41) is 6.66. The maximum absolute atomic E-state index is 5.81. The Kier molecular flexibility index (Phi) is 4.03. The Hall–Kier alpha value is -1.39. The summed E-state index contributed by atoms with van der Waals surface area (Å²) >= 11 is 1.69. The first-order valence-corrected chi connectivity index (χ1v) is 8.00. The molecule has 0 saturated carbocycles. The van der Waals surface area contributed by atoms with Crippen LogP contribution in [0.15, 0.2) is 29.6 Å². The van der Waals surface area contributed by atoms with Crippen LogP contribution in [0.25, 0.3) is 11.3 Å². The van der Waals surface area contributed by atoms with Gasteiger partial charge in [-0.2, -0.15) is 0 Å². The summed E-state index contributed by atoms with van der Waals surface area (Å²) in [6, 6.07) is 8.47. The Balaban J connectivity index is 1.59. The molecule has 1 aliphatic rings. The van der Waals surface area contributed by atoms with Gasteiger partial charge in [0, 0.05) is 23.2 Å². The minimum Gasteiger partial charge on any atom is -0.382 e. The maximum Gasteiger partial charge on any atom is 0.0901 e. The van der Waals surface area contributed by atoms with Crippen LogP contribution in [0.3, 0.4) is 0 Å². The molecule has 0 aliphatic carbocycles. The molecule has 2 unspecified atom stereocenters. The summed E-state index contributed by atoms with van der Waals surface area (Å²) in [5.41, 5.74) is 3.38. The van der Waals surface area contributed by atoms with Crippen LogP contribution in [0.2, 0.25) is 0 Å². The van der Waals surface area contributed by atoms with Gasteiger partial charge in [-0.15, -0.1) is 11.3 Å². The van der Waals surface area contributed by atoms with Crippen LogP contribution in [0.5, 0.6) is 0 Å². The highest BCUT2D eigenvalue weighted by Crippen LogP contribution is 2.24. The van der Waals surface area contributed by atoms with Gasteiger partial charge in [0.2, 0.25) is 0 Å². The minimum absolute atomic E-state index is 0.353. The Morgan fingerprint density at radius 2 is 2.10 bits per heavy atom. The number of ether oxygens (including phenoxy) is 1. The average Bonchev–Trinajstić information content (AvgIpc) is 3.06. The number of benzene rings is 1. The van der Waals surface area contributed by atoms with Crippen molar-refractivity contribution in [2.45, 2.75) is 38.9 Å². The number of nitrogens with one attached hydrogen (secondary N) is 1. The van der Waals surface area contributed by atoms with Crippen molar-refractivity contribution in [3.63, 3.8) is 0 Å². The van der Waals surface area contributed by atoms with Crippen LogP contribution in [0.1, 0.15) is 24.8 Å². The second kappa shape index (κ2) is 5.94. The fourth-order valence-electron chi connectivity index (χ4n) is 2.52. The van der Waals surface area contributed by atoms with E-state index in [1.165, 1.54) is 12.0 Å². The topological polar surface area (TPSA) is 34.2 Å². The van der Waals surface area contributed by atoms with Gasteiger partial charge < -0.3 is 10.1 Å². The van der Waals surface area contributed by atoms with E-state index in [1.807, 2.05) is 6.92 Å². The molecule has 106 valence electrons. The minimum atomic E-state index is 0.353. The molecule has 0 bridgehead atoms. The molecule has 1 aliphatic heterocycles. The lowest BCUT2D eigenvalue weighted by molar-refractivity contribution is 0.0637. The first-order valence-electron chi connectivity index (χ1n) is 7.12. The fourth-order valence-corrected chi connectivity index (χ4v) is 3.14. The summed E-state index contributed by atoms with van der Waals surface area (Å²) in [5.74, 6) is 0. The van der Waals surface area contributed by atoms with Gasteiger partial charge in [-0.05, 0) is 38.8 Å². The summed E-state index contributed by atoms with van der Waals surface area (Å²) in [7, 11) is 0. The molecule has 2 heterocycles. The molecule has 1 fully saturated rings. The lowest BCUT2D eigenvalue weighted by Gasteiger charge is -2.13. The monoisotopic (exact) mass is 288 g/mol. The summed E-state index contributed by atoms with van der Waals surface area (Å²) in [4.78, 5) is 4.51. The largest absolute Gasteiger partial charge is 0.382 e. The normalized spacial score (nSPS) is 22.1. The molecule has 3 nitrogen and oxygen atoms in total. The number of nitrogens with zero attached hydrogens (tertiary/aromatic N) is 1. The van der Waals surface area contributed by atoms with E-state index in [9.17, 15) is 0 Å². The number of hydrogen-bond acceptors (Lipinski definition) is 4. The number of aromatic nitrogens is 1. The van der Waals surface area contributed by atoms with Crippen LogP contribution in [-0.4, -0.2) is 23.7 Å². The first kappa shape index (κ1) is 13.6. The predicted molar refractivity (Wildman–Crippen MR) is 84.3 cm³/mol. The molecular weight excluding hydrogens is 268 g/mol. The van der Waals surface area contributed by atoms with Gasteiger partial charge in [0.05, 0.1) is 22.9 Å². The highest BCUT2D eigenvalue weighted by Gasteiger charge is 2.21. The molecule has 1 saturated heterocycles. The molecule has 0 radical (unpaired) electrons. The third-order valence-corrected chi connectivity index (χ3v) is 4.43. The summed E-state index contributed by atoms with van der Waals surface area (Å²) in [6.45, 7) is 5.07. The van der Waals surface area contributed by atoms with E-state index in [0.717, 1.165) is 29.4 Å². The molecule has 2 aromatic rings. The molecule has 0 spiro atoms. The summed E-state index contributed by atoms with van der Waals surface area (Å²) < 4.78 is 5.81. The molecule has 1 aromatic heterocycles. The van der Waals surface area contributed by atoms with Crippen molar-refractivity contribution in [1.82, 2.24) is 4.98 Å². The van der Waals surface area contributed by atoms with Crippen molar-refractivity contribution < 1.29 is 4.74 Å². The lowest BCUT2D eigenvalue weighted by atomic mass is 10.1. The molecule has 2 atom stereocenters. The Labute approximate surface area is 124 Å². The maximum atomic E-state index is 5.81. The van der Waals surface area contributed by atoms with Gasteiger partial charge >= 0.3 is 0 Å². The second-order valence-corrected chi connectivity index (χ2v) is 6.42. The number of rotatable bonds is 4. The first-order chi connectivity index (χ1) is 9.70. The van der Waals surface area contributed by atoms with Crippen molar-refractivity contribution in [3.05, 3.63) is 34.7 Å². The van der Waals surface area contributed by atoms with Gasteiger partial charge in [0.15, 0.2) is 0 Å². The quantitative estimate of drug-likeness (QED) is 0.919. The van der Waals surface area contributed by atoms with Crippen molar-refractivity contribution in [3.8, 4) is 11.3 Å². The molecule has 4 heteroatoms. The molecule has 20 heavy (non-hydrogen) atoms. The van der Waals surface area contributed by atoms with Crippen LogP contribution in [-0.2, 0) is 4.74 Å². The van der Waals surface area contributed by atoms with Crippen LogP contribution >= 0.6 is 11.3 Å². The van der Waals surface area contributed by atoms with Crippen LogP contribution in [0, 0.1) is 6.92 Å². The number of thiazole rings is 1. The van der Waals surface area contributed by atoms with E-state index >= 15 is 0 Å². The van der Waals surface area contributed by atoms with Crippen molar-refractivity contribution >= 4 is 17.0 Å². The second-order valence-electron chi connectivity index (χ2n) is 5.36. The van der Waals surface area contributed by atoms with E-state index in [1.54, 1.807) is 11.3 Å². The van der Waals surface area contributed by atoms with E-state index in [0.29, 0.717) is 12.2 Å². The number of hydrogen-bond donors (Lipinski definition) is 1. The smallest absolute Gasteiger partial charge is 0.0901 e. The number of aryl methyl sites for hydroxylation is 1. The SMILES string of the molecule is Cc1nc(-c2ccc(NCC3CCC(C)O3)cc2)cs1. The van der Waals surface area contributed by atoms with Gasteiger partial charge in [-0.25, -0.2) is 4.98 Å². The van der Waals surface area contributed by atoms with E-state index in [2.05, 4.69) is 46.9 Å². The third kappa shape index (κ3) is 3.19. The third-order valence-electron chi connectivity index (χ3n) is 3.65. The Morgan fingerprint density at radius 3 is 2.70 bits per heavy atom. The zero-order valence-electron chi connectivity index (χ0n) is 11.9. The average molecular weight is 288 g/mol. The van der Waals surface area contributed by atoms with Gasteiger partial charge in [-0.1, -0.05) is 12.1 Å². The van der Waals surface area contributed by atoms with E-state index < -0.39 is 0 Å². The van der Waals surface area contributed by atoms with E-state index in [4.69, 9.17) is 4.74 Å². The van der Waals surface area contributed by atoms with E-state index in [-0.39, 0.29) is 0 Å². The predicted octanol–water partition coefficient (Wildman–Crippen LogP) is 4.10.